The van der Waals surface area contributed by atoms with Crippen LogP contribution in [-0.2, 0) is 26.2 Å². The minimum atomic E-state index is 0. The predicted octanol–water partition coefficient (Wildman–Crippen LogP) is 3.15. The zero-order chi connectivity index (χ0) is 9.66. The van der Waals surface area contributed by atoms with E-state index in [1.807, 2.05) is 0 Å². The molecule has 94 valence electrons. The van der Waals surface area contributed by atoms with Gasteiger partial charge in [-0.25, -0.2) is 0 Å². The number of rotatable bonds is 6. The molecule has 0 aliphatic heterocycles. The Bertz CT molecular complexity index is 45.6. The molecule has 0 saturated heterocycles. The molecule has 2 nitrogen and oxygen atoms in total. The van der Waals surface area contributed by atoms with E-state index in [1.54, 1.807) is 0 Å². The third kappa shape index (κ3) is 52.4. The molecule has 0 amide bonds. The summed E-state index contributed by atoms with van der Waals surface area (Å²) in [5, 5.41) is 0. The van der Waals surface area contributed by atoms with Crippen LogP contribution in [0.1, 0.15) is 65.2 Å². The summed E-state index contributed by atoms with van der Waals surface area (Å²) in [5.74, 6) is 0. The summed E-state index contributed by atoms with van der Waals surface area (Å²) in [7, 11) is 0. The summed E-state index contributed by atoms with van der Waals surface area (Å²) in [6.45, 7) is 11.9. The Kier molecular flexibility index (Phi) is 72.0. The van der Waals surface area contributed by atoms with Gasteiger partial charge < -0.3 is 24.8 Å². The fraction of sp³-hybridized carbons (Fsp3) is 0.833. The van der Waals surface area contributed by atoms with E-state index in [4.69, 9.17) is 0 Å². The van der Waals surface area contributed by atoms with Gasteiger partial charge in [0.2, 0.25) is 0 Å². The van der Waals surface area contributed by atoms with Crippen LogP contribution in [0.4, 0.5) is 0 Å². The topological polar surface area (TPSA) is 63.0 Å². The van der Waals surface area contributed by atoms with E-state index in [0.29, 0.717) is 0 Å². The van der Waals surface area contributed by atoms with Gasteiger partial charge in [0, 0.05) is 0 Å². The van der Waals surface area contributed by atoms with Gasteiger partial charge in [-0.05, 0) is 0 Å². The first kappa shape index (κ1) is 29.7. The first-order valence-corrected chi connectivity index (χ1v) is 5.41. The molecule has 0 unspecified atom stereocenters. The number of hydrogen-bond donors (Lipinski definition) is 0. The number of hydrogen-bond acceptors (Lipinski definition) is 0. The largest absolute Gasteiger partial charge is 2.00 e. The van der Waals surface area contributed by atoms with Gasteiger partial charge in [0.1, 0.15) is 0 Å². The standard InChI is InChI=1S/2C6H13.2H2O.Zr/c2*1-3-5-6-4-2;;;/h2*1,3-6H2,2H3;2*1H2;/q2*-1;;;+2. The molecule has 0 fully saturated rings. The zero-order valence-corrected chi connectivity index (χ0v) is 13.0. The van der Waals surface area contributed by atoms with Crippen molar-refractivity contribution >= 4 is 0 Å². The minimum Gasteiger partial charge on any atom is -0.412 e. The van der Waals surface area contributed by atoms with E-state index in [2.05, 4.69) is 27.7 Å². The normalized spacial score (nSPS) is 7.20. The van der Waals surface area contributed by atoms with Gasteiger partial charge in [-0.2, -0.15) is 12.8 Å². The summed E-state index contributed by atoms with van der Waals surface area (Å²) in [6, 6.07) is 0. The smallest absolute Gasteiger partial charge is 0.412 e. The Morgan fingerprint density at radius 3 is 1.00 bits per heavy atom. The summed E-state index contributed by atoms with van der Waals surface area (Å²) in [4.78, 5) is 0. The van der Waals surface area contributed by atoms with E-state index in [1.165, 1.54) is 38.5 Å². The summed E-state index contributed by atoms with van der Waals surface area (Å²) < 4.78 is 0. The molecular weight excluding hydrogens is 267 g/mol. The predicted molar refractivity (Wildman–Crippen MR) is 66.2 cm³/mol. The van der Waals surface area contributed by atoms with Crippen molar-refractivity contribution in [2.24, 2.45) is 0 Å². The second kappa shape index (κ2) is 36.4. The van der Waals surface area contributed by atoms with Crippen molar-refractivity contribution in [3.63, 3.8) is 0 Å². The summed E-state index contributed by atoms with van der Waals surface area (Å²) in [6.07, 6.45) is 10.1. The van der Waals surface area contributed by atoms with Crippen LogP contribution in [0, 0.1) is 13.8 Å². The molecule has 0 aromatic carbocycles. The molecule has 4 N–H and O–H groups in total. The molecule has 0 aromatic rings. The maximum atomic E-state index is 3.72. The fourth-order valence-corrected chi connectivity index (χ4v) is 0.854. The van der Waals surface area contributed by atoms with Crippen molar-refractivity contribution in [3.05, 3.63) is 13.8 Å². The van der Waals surface area contributed by atoms with Crippen LogP contribution in [0.15, 0.2) is 0 Å². The van der Waals surface area contributed by atoms with Crippen molar-refractivity contribution in [2.45, 2.75) is 65.2 Å². The summed E-state index contributed by atoms with van der Waals surface area (Å²) >= 11 is 0. The molecule has 0 aliphatic carbocycles. The Labute approximate surface area is 116 Å². The molecule has 15 heavy (non-hydrogen) atoms. The van der Waals surface area contributed by atoms with Crippen LogP contribution in [0.25, 0.3) is 0 Å². The van der Waals surface area contributed by atoms with Crippen LogP contribution >= 0.6 is 0 Å². The minimum absolute atomic E-state index is 0. The Morgan fingerprint density at radius 1 is 0.667 bits per heavy atom. The molecular formula is C12H30O2Zr. The maximum absolute atomic E-state index is 3.72. The molecule has 0 aromatic heterocycles. The van der Waals surface area contributed by atoms with Crippen LogP contribution in [0.3, 0.4) is 0 Å². The molecule has 0 aliphatic rings. The molecule has 0 atom stereocenters. The van der Waals surface area contributed by atoms with Crippen molar-refractivity contribution in [3.8, 4) is 0 Å². The second-order valence-electron chi connectivity index (χ2n) is 3.12. The molecule has 0 heterocycles. The van der Waals surface area contributed by atoms with Gasteiger partial charge in [-0.3, -0.25) is 0 Å². The average molecular weight is 298 g/mol. The van der Waals surface area contributed by atoms with Crippen LogP contribution < -0.4 is 0 Å². The number of unbranched alkanes of at least 4 members (excludes halogenated alkanes) is 6. The van der Waals surface area contributed by atoms with Crippen molar-refractivity contribution in [2.75, 3.05) is 0 Å². The van der Waals surface area contributed by atoms with Gasteiger partial charge in [0.25, 0.3) is 0 Å². The molecule has 0 spiro atoms. The van der Waals surface area contributed by atoms with Gasteiger partial charge in [0.15, 0.2) is 0 Å². The molecule has 0 radical (unpaired) electrons. The van der Waals surface area contributed by atoms with Gasteiger partial charge in [0.05, 0.1) is 0 Å². The van der Waals surface area contributed by atoms with Crippen molar-refractivity contribution in [1.82, 2.24) is 0 Å². The Balaban J connectivity index is -0.0000000370. The quantitative estimate of drug-likeness (QED) is 0.534. The fourth-order valence-electron chi connectivity index (χ4n) is 0.854. The van der Waals surface area contributed by atoms with Crippen molar-refractivity contribution in [1.29, 1.82) is 0 Å². The van der Waals surface area contributed by atoms with E-state index in [9.17, 15) is 0 Å². The third-order valence-electron chi connectivity index (χ3n) is 1.71. The Morgan fingerprint density at radius 2 is 0.933 bits per heavy atom. The second-order valence-corrected chi connectivity index (χ2v) is 3.12. The Hall–Kier alpha value is 0.803. The van der Waals surface area contributed by atoms with E-state index < -0.39 is 0 Å². The van der Waals surface area contributed by atoms with Crippen LogP contribution in [-0.4, -0.2) is 11.0 Å². The van der Waals surface area contributed by atoms with E-state index in [-0.39, 0.29) is 37.2 Å². The average Bonchev–Trinajstić information content (AvgIpc) is 2.12. The van der Waals surface area contributed by atoms with E-state index >= 15 is 0 Å². The zero-order valence-electron chi connectivity index (χ0n) is 10.6. The summed E-state index contributed by atoms with van der Waals surface area (Å²) in [5.41, 5.74) is 0. The van der Waals surface area contributed by atoms with Crippen LogP contribution in [0.5, 0.6) is 0 Å². The maximum Gasteiger partial charge on any atom is 2.00 e. The molecule has 0 rings (SSSR count). The van der Waals surface area contributed by atoms with Gasteiger partial charge >= 0.3 is 26.2 Å². The van der Waals surface area contributed by atoms with E-state index in [0.717, 1.165) is 12.8 Å². The first-order valence-electron chi connectivity index (χ1n) is 5.41. The van der Waals surface area contributed by atoms with Gasteiger partial charge in [-0.1, -0.05) is 52.4 Å². The SMILES string of the molecule is O.O.[CH2-]CCCCC.[CH2-]CCCCC.[Zr+2]. The molecule has 0 saturated carbocycles. The third-order valence-corrected chi connectivity index (χ3v) is 1.71. The van der Waals surface area contributed by atoms with Crippen LogP contribution in [0.2, 0.25) is 0 Å². The van der Waals surface area contributed by atoms with Crippen molar-refractivity contribution < 1.29 is 37.2 Å². The van der Waals surface area contributed by atoms with Gasteiger partial charge in [-0.15, -0.1) is 0 Å². The monoisotopic (exact) mass is 296 g/mol. The molecule has 0 bridgehead atoms. The molecule has 3 heteroatoms. The first-order chi connectivity index (χ1) is 5.83.